The first-order chi connectivity index (χ1) is 9.53. The molecule has 0 aliphatic carbocycles. The van der Waals surface area contributed by atoms with E-state index in [2.05, 4.69) is 12.2 Å². The van der Waals surface area contributed by atoms with E-state index in [4.69, 9.17) is 17.0 Å². The van der Waals surface area contributed by atoms with Crippen molar-refractivity contribution in [2.24, 2.45) is 0 Å². The van der Waals surface area contributed by atoms with Gasteiger partial charge in [0.25, 0.3) is 5.17 Å². The van der Waals surface area contributed by atoms with Gasteiger partial charge in [0, 0.05) is 5.70 Å². The summed E-state index contributed by atoms with van der Waals surface area (Å²) in [5.74, 6) is 0.129. The van der Waals surface area contributed by atoms with Crippen LogP contribution in [0.3, 0.4) is 0 Å². The van der Waals surface area contributed by atoms with Crippen LogP contribution in [0.25, 0.3) is 0 Å². The lowest BCUT2D eigenvalue weighted by Gasteiger charge is -2.09. The number of sulfone groups is 1. The molecule has 0 saturated heterocycles. The summed E-state index contributed by atoms with van der Waals surface area (Å²) in [4.78, 5) is 0. The first kappa shape index (κ1) is 17.4. The number of unbranched alkanes of at least 4 members (excludes halogenated alkanes) is 6. The molecule has 4 nitrogen and oxygen atoms in total. The van der Waals surface area contributed by atoms with Crippen LogP contribution < -0.4 is 5.32 Å². The number of hydrogen-bond acceptors (Lipinski definition) is 4. The lowest BCUT2D eigenvalue weighted by molar-refractivity contribution is 0.289. The Kier molecular flexibility index (Phi) is 8.14. The third-order valence-electron chi connectivity index (χ3n) is 3.20. The zero-order chi connectivity index (χ0) is 14.8. The average Bonchev–Trinajstić information content (AvgIpc) is 2.72. The van der Waals surface area contributed by atoms with E-state index in [0.717, 1.165) is 12.8 Å². The minimum absolute atomic E-state index is 0.0356. The standard InChI is InChI=1S/C14H25NO3S2/c1-2-3-4-5-6-7-8-10-18-14(19)15-13-9-11-20(16,17)12-13/h9H,2-8,10-12H2,1H3,(H,15,19). The molecule has 0 spiro atoms. The fourth-order valence-electron chi connectivity index (χ4n) is 2.06. The van der Waals surface area contributed by atoms with E-state index in [1.54, 1.807) is 6.08 Å². The van der Waals surface area contributed by atoms with Gasteiger partial charge in [-0.05, 0) is 24.7 Å². The summed E-state index contributed by atoms with van der Waals surface area (Å²) in [5.41, 5.74) is 0.634. The van der Waals surface area contributed by atoms with Crippen molar-refractivity contribution in [3.63, 3.8) is 0 Å². The van der Waals surface area contributed by atoms with Crippen molar-refractivity contribution < 1.29 is 13.2 Å². The minimum Gasteiger partial charge on any atom is -0.471 e. The van der Waals surface area contributed by atoms with Gasteiger partial charge in [0.15, 0.2) is 9.84 Å². The van der Waals surface area contributed by atoms with Crippen LogP contribution in [0.4, 0.5) is 0 Å². The number of nitrogens with one attached hydrogen (secondary N) is 1. The van der Waals surface area contributed by atoms with E-state index in [0.29, 0.717) is 12.3 Å². The molecule has 1 N–H and O–H groups in total. The fraction of sp³-hybridized carbons (Fsp3) is 0.786. The molecule has 0 atom stereocenters. The molecule has 1 aliphatic heterocycles. The predicted molar refractivity (Wildman–Crippen MR) is 86.4 cm³/mol. The molecule has 116 valence electrons. The van der Waals surface area contributed by atoms with Gasteiger partial charge in [0.2, 0.25) is 0 Å². The molecule has 0 bridgehead atoms. The normalized spacial score (nSPS) is 16.8. The highest BCUT2D eigenvalue weighted by Crippen LogP contribution is 2.09. The molecule has 0 fully saturated rings. The van der Waals surface area contributed by atoms with Crippen molar-refractivity contribution >= 4 is 27.2 Å². The molecule has 1 rings (SSSR count). The Hall–Kier alpha value is -0.620. The summed E-state index contributed by atoms with van der Waals surface area (Å²) >= 11 is 5.03. The van der Waals surface area contributed by atoms with Crippen molar-refractivity contribution in [1.29, 1.82) is 0 Å². The van der Waals surface area contributed by atoms with Crippen molar-refractivity contribution in [2.45, 2.75) is 51.9 Å². The number of rotatable bonds is 9. The molecule has 0 aromatic rings. The second-order valence-corrected chi connectivity index (χ2v) is 7.65. The summed E-state index contributed by atoms with van der Waals surface area (Å²) in [5, 5.41) is 3.12. The summed E-state index contributed by atoms with van der Waals surface area (Å²) in [6.45, 7) is 2.81. The highest BCUT2D eigenvalue weighted by molar-refractivity contribution is 7.92. The molecule has 0 amide bonds. The Balaban J connectivity index is 1.98. The molecule has 0 saturated carbocycles. The molecule has 0 radical (unpaired) electrons. The van der Waals surface area contributed by atoms with Gasteiger partial charge in [-0.15, -0.1) is 0 Å². The molecular formula is C14H25NO3S2. The van der Waals surface area contributed by atoms with E-state index in [-0.39, 0.29) is 16.7 Å². The molecule has 1 heterocycles. The van der Waals surface area contributed by atoms with Crippen LogP contribution >= 0.6 is 12.2 Å². The van der Waals surface area contributed by atoms with Crippen LogP contribution in [0.5, 0.6) is 0 Å². The summed E-state index contributed by atoms with van der Waals surface area (Å²) in [6.07, 6.45) is 10.2. The van der Waals surface area contributed by atoms with Crippen LogP contribution in [-0.4, -0.2) is 31.7 Å². The molecule has 20 heavy (non-hydrogen) atoms. The number of ether oxygens (including phenoxy) is 1. The van der Waals surface area contributed by atoms with Crippen molar-refractivity contribution in [2.75, 3.05) is 18.1 Å². The second kappa shape index (κ2) is 9.34. The van der Waals surface area contributed by atoms with Gasteiger partial charge in [0.05, 0.1) is 18.1 Å². The second-order valence-electron chi connectivity index (χ2n) is 5.17. The lowest BCUT2D eigenvalue weighted by atomic mass is 10.1. The lowest BCUT2D eigenvalue weighted by Crippen LogP contribution is -2.25. The fourth-order valence-corrected chi connectivity index (χ4v) is 3.51. The van der Waals surface area contributed by atoms with Crippen molar-refractivity contribution in [1.82, 2.24) is 5.32 Å². The van der Waals surface area contributed by atoms with Gasteiger partial charge >= 0.3 is 0 Å². The Morgan fingerprint density at radius 2 is 1.90 bits per heavy atom. The monoisotopic (exact) mass is 319 g/mol. The van der Waals surface area contributed by atoms with E-state index in [1.807, 2.05) is 0 Å². The highest BCUT2D eigenvalue weighted by atomic mass is 32.2. The SMILES string of the molecule is CCCCCCCCCOC(=S)NC1=CCS(=O)(=O)C1. The van der Waals surface area contributed by atoms with Crippen LogP contribution in [0.1, 0.15) is 51.9 Å². The van der Waals surface area contributed by atoms with Crippen LogP contribution in [0.15, 0.2) is 11.8 Å². The Morgan fingerprint density at radius 3 is 2.50 bits per heavy atom. The largest absolute Gasteiger partial charge is 0.471 e. The van der Waals surface area contributed by atoms with E-state index >= 15 is 0 Å². The molecule has 1 aliphatic rings. The van der Waals surface area contributed by atoms with Crippen LogP contribution in [-0.2, 0) is 14.6 Å². The van der Waals surface area contributed by atoms with Gasteiger partial charge in [0.1, 0.15) is 0 Å². The Labute approximate surface area is 127 Å². The molecular weight excluding hydrogens is 294 g/mol. The van der Waals surface area contributed by atoms with Crippen molar-refractivity contribution in [3.05, 3.63) is 11.8 Å². The molecule has 0 unspecified atom stereocenters. The maximum Gasteiger partial charge on any atom is 0.260 e. The minimum atomic E-state index is -2.95. The maximum atomic E-state index is 11.3. The third-order valence-corrected chi connectivity index (χ3v) is 4.85. The molecule has 0 aromatic carbocycles. The first-order valence-electron chi connectivity index (χ1n) is 7.37. The smallest absolute Gasteiger partial charge is 0.260 e. The van der Waals surface area contributed by atoms with E-state index in [1.165, 1.54) is 32.1 Å². The molecule has 6 heteroatoms. The average molecular weight is 319 g/mol. The summed E-state index contributed by atoms with van der Waals surface area (Å²) in [7, 11) is -2.95. The van der Waals surface area contributed by atoms with E-state index in [9.17, 15) is 8.42 Å². The summed E-state index contributed by atoms with van der Waals surface area (Å²) < 4.78 is 27.9. The van der Waals surface area contributed by atoms with Crippen LogP contribution in [0.2, 0.25) is 0 Å². The topological polar surface area (TPSA) is 55.4 Å². The first-order valence-corrected chi connectivity index (χ1v) is 9.59. The number of thiocarbonyl (C=S) groups is 1. The van der Waals surface area contributed by atoms with Gasteiger partial charge in [-0.2, -0.15) is 0 Å². The zero-order valence-corrected chi connectivity index (χ0v) is 13.8. The van der Waals surface area contributed by atoms with Gasteiger partial charge in [-0.1, -0.05) is 45.4 Å². The third kappa shape index (κ3) is 7.85. The Bertz CT molecular complexity index is 430. The highest BCUT2D eigenvalue weighted by Gasteiger charge is 2.20. The Morgan fingerprint density at radius 1 is 1.25 bits per heavy atom. The number of hydrogen-bond donors (Lipinski definition) is 1. The quantitative estimate of drug-likeness (QED) is 0.523. The summed E-state index contributed by atoms with van der Waals surface area (Å²) in [6, 6.07) is 0. The van der Waals surface area contributed by atoms with Crippen molar-refractivity contribution in [3.8, 4) is 0 Å². The zero-order valence-electron chi connectivity index (χ0n) is 12.2. The van der Waals surface area contributed by atoms with Gasteiger partial charge < -0.3 is 10.1 Å². The molecule has 0 aromatic heterocycles. The van der Waals surface area contributed by atoms with Gasteiger partial charge in [-0.3, -0.25) is 0 Å². The van der Waals surface area contributed by atoms with E-state index < -0.39 is 9.84 Å². The van der Waals surface area contributed by atoms with Gasteiger partial charge in [-0.25, -0.2) is 8.42 Å². The maximum absolute atomic E-state index is 11.3. The predicted octanol–water partition coefficient (Wildman–Crippen LogP) is 2.94. The van der Waals surface area contributed by atoms with Crippen LogP contribution in [0, 0.1) is 0 Å².